The Hall–Kier alpha value is -4.73. The van der Waals surface area contributed by atoms with E-state index >= 15 is 0 Å². The van der Waals surface area contributed by atoms with E-state index in [9.17, 15) is 4.79 Å². The van der Waals surface area contributed by atoms with E-state index in [1.165, 1.54) is 5.69 Å². The van der Waals surface area contributed by atoms with Gasteiger partial charge in [0, 0.05) is 31.8 Å². The van der Waals surface area contributed by atoms with Crippen LogP contribution < -0.4 is 29.7 Å². The normalized spacial score (nSPS) is 14.0. The summed E-state index contributed by atoms with van der Waals surface area (Å²) in [6.45, 7) is 4.51. The minimum Gasteiger partial charge on any atom is -0.493 e. The number of amides is 1. The summed E-state index contributed by atoms with van der Waals surface area (Å²) in [5.74, 6) is 1.95. The molecular weight excluding hydrogens is 570 g/mol. The number of aliphatic hydroxyl groups is 1. The first kappa shape index (κ1) is 30.3. The highest BCUT2D eigenvalue weighted by molar-refractivity contribution is 6.12. The number of ether oxygens (including phenoxy) is 4. The van der Waals surface area contributed by atoms with Gasteiger partial charge >= 0.3 is 0 Å². The fraction of sp³-hybridized carbons (Fsp3) is 0.306. The summed E-state index contributed by atoms with van der Waals surface area (Å²) in [5, 5.41) is 15.5. The van der Waals surface area contributed by atoms with Gasteiger partial charge in [0.1, 0.15) is 5.75 Å². The zero-order valence-corrected chi connectivity index (χ0v) is 25.5. The van der Waals surface area contributed by atoms with E-state index in [-0.39, 0.29) is 12.5 Å². The number of nitrogens with zero attached hydrogens (tertiary/aromatic N) is 1. The van der Waals surface area contributed by atoms with Crippen molar-refractivity contribution in [1.29, 1.82) is 0 Å². The molecule has 0 aliphatic carbocycles. The van der Waals surface area contributed by atoms with Crippen LogP contribution in [-0.2, 0) is 11.2 Å². The lowest BCUT2D eigenvalue weighted by atomic mass is 10.0. The van der Waals surface area contributed by atoms with E-state index in [4.69, 9.17) is 24.1 Å². The second-order valence-electron chi connectivity index (χ2n) is 11.1. The van der Waals surface area contributed by atoms with Gasteiger partial charge in [-0.2, -0.15) is 0 Å². The Labute approximate surface area is 263 Å². The third-order valence-electron chi connectivity index (χ3n) is 8.05. The van der Waals surface area contributed by atoms with Crippen LogP contribution in [0.15, 0.2) is 78.9 Å². The molecule has 234 valence electrons. The number of hydrogen-bond donors (Lipinski definition) is 3. The second-order valence-corrected chi connectivity index (χ2v) is 11.1. The van der Waals surface area contributed by atoms with Gasteiger partial charge in [0.2, 0.25) is 0 Å². The maximum atomic E-state index is 13.2. The van der Waals surface area contributed by atoms with E-state index in [1.807, 2.05) is 60.7 Å². The van der Waals surface area contributed by atoms with E-state index < -0.39 is 0 Å². The van der Waals surface area contributed by atoms with Crippen LogP contribution in [0.3, 0.4) is 0 Å². The predicted octanol–water partition coefficient (Wildman–Crippen LogP) is 6.28. The summed E-state index contributed by atoms with van der Waals surface area (Å²) in [6.07, 6.45) is 2.16. The maximum Gasteiger partial charge on any atom is 0.257 e. The number of unbranched alkanes of at least 4 members (excludes halogenated alkanes) is 1. The first-order chi connectivity index (χ1) is 22.1. The lowest BCUT2D eigenvalue weighted by molar-refractivity contribution is 0.102. The molecule has 0 bridgehead atoms. The lowest BCUT2D eigenvalue weighted by Crippen LogP contribution is -2.36. The number of morpholine rings is 1. The number of rotatable bonds is 12. The molecule has 1 saturated heterocycles. The molecule has 0 atom stereocenters. The quantitative estimate of drug-likeness (QED) is 0.161. The summed E-state index contributed by atoms with van der Waals surface area (Å²) in [7, 11) is 1.61. The van der Waals surface area contributed by atoms with Crippen LogP contribution in [-0.4, -0.2) is 64.2 Å². The van der Waals surface area contributed by atoms with Crippen molar-refractivity contribution in [2.24, 2.45) is 0 Å². The summed E-state index contributed by atoms with van der Waals surface area (Å²) < 4.78 is 22.9. The molecule has 3 N–H and O–H groups in total. The molecule has 0 saturated carbocycles. The third-order valence-corrected chi connectivity index (χ3v) is 8.05. The third kappa shape index (κ3) is 7.33. The molecule has 4 aromatic rings. The average molecular weight is 610 g/mol. The first-order valence-electron chi connectivity index (χ1n) is 15.4. The van der Waals surface area contributed by atoms with Gasteiger partial charge in [-0.1, -0.05) is 18.2 Å². The molecule has 2 aliphatic rings. The highest BCUT2D eigenvalue weighted by Crippen LogP contribution is 2.37. The van der Waals surface area contributed by atoms with Crippen LogP contribution in [0.25, 0.3) is 11.1 Å². The van der Waals surface area contributed by atoms with Crippen molar-refractivity contribution in [3.8, 4) is 28.4 Å². The molecule has 0 unspecified atom stereocenters. The minimum atomic E-state index is -0.166. The zero-order chi connectivity index (χ0) is 31.0. The van der Waals surface area contributed by atoms with Crippen molar-refractivity contribution in [1.82, 2.24) is 0 Å². The van der Waals surface area contributed by atoms with Crippen molar-refractivity contribution in [3.05, 3.63) is 90.0 Å². The number of methoxy groups -OCH3 is 1. The molecule has 2 aliphatic heterocycles. The molecular formula is C36H39N3O6. The number of fused-ring (bicyclic) bond motifs is 2. The number of benzene rings is 4. The number of carbonyl (C=O) groups is 1. The van der Waals surface area contributed by atoms with Gasteiger partial charge in [0.05, 0.1) is 56.2 Å². The molecule has 45 heavy (non-hydrogen) atoms. The lowest BCUT2D eigenvalue weighted by Gasteiger charge is -2.28. The van der Waals surface area contributed by atoms with Crippen molar-refractivity contribution in [3.63, 3.8) is 0 Å². The van der Waals surface area contributed by atoms with E-state index in [1.54, 1.807) is 7.11 Å². The van der Waals surface area contributed by atoms with Crippen molar-refractivity contribution < 1.29 is 28.8 Å². The van der Waals surface area contributed by atoms with E-state index in [0.29, 0.717) is 43.1 Å². The maximum absolute atomic E-state index is 13.2. The van der Waals surface area contributed by atoms with Gasteiger partial charge in [0.25, 0.3) is 5.91 Å². The molecule has 9 nitrogen and oxygen atoms in total. The Morgan fingerprint density at radius 2 is 1.58 bits per heavy atom. The molecule has 6 rings (SSSR count). The molecule has 2 heterocycles. The van der Waals surface area contributed by atoms with Crippen LogP contribution in [0, 0.1) is 0 Å². The summed E-state index contributed by atoms with van der Waals surface area (Å²) in [5.41, 5.74) is 6.98. The second kappa shape index (κ2) is 14.4. The summed E-state index contributed by atoms with van der Waals surface area (Å²) in [4.78, 5) is 15.5. The highest BCUT2D eigenvalue weighted by Gasteiger charge is 2.20. The number of anilines is 4. The van der Waals surface area contributed by atoms with Crippen LogP contribution in [0.2, 0.25) is 0 Å². The number of carbonyl (C=O) groups excluding carboxylic acids is 1. The Bertz CT molecular complexity index is 1620. The fourth-order valence-corrected chi connectivity index (χ4v) is 5.54. The number of hydrogen-bond acceptors (Lipinski definition) is 8. The van der Waals surface area contributed by atoms with Crippen molar-refractivity contribution in [2.45, 2.75) is 19.3 Å². The molecule has 0 aromatic heterocycles. The van der Waals surface area contributed by atoms with Gasteiger partial charge in [0.15, 0.2) is 11.5 Å². The number of aliphatic hydroxyl groups excluding tert-OH is 1. The SMILES string of the molecule is COc1cc(-c2ccc3c(c2)Nc2ccc(CCOc4ccc(N5CCOCC5)cc4)cc2NC3=O)ccc1OCCCCO. The molecule has 4 aromatic carbocycles. The van der Waals surface area contributed by atoms with Gasteiger partial charge in [-0.05, 0) is 90.2 Å². The topological polar surface area (TPSA) is 102 Å². The van der Waals surface area contributed by atoms with Gasteiger partial charge in [-0.15, -0.1) is 0 Å². The molecule has 0 spiro atoms. The molecule has 9 heteroatoms. The Morgan fingerprint density at radius 3 is 2.38 bits per heavy atom. The van der Waals surface area contributed by atoms with E-state index in [2.05, 4.69) is 33.7 Å². The van der Waals surface area contributed by atoms with Crippen molar-refractivity contribution in [2.75, 3.05) is 68.8 Å². The Kier molecular flexibility index (Phi) is 9.68. The monoisotopic (exact) mass is 609 g/mol. The highest BCUT2D eigenvalue weighted by atomic mass is 16.5. The summed E-state index contributed by atoms with van der Waals surface area (Å²) >= 11 is 0. The standard InChI is InChI=1S/C36H39N3O6/c1-42-35-24-27(6-13-34(35)45-18-3-2-17-40)26-5-11-30-32(23-26)37-31-12-4-25(22-33(31)38-36(30)41)14-19-44-29-9-7-28(8-10-29)39-15-20-43-21-16-39/h4-13,22-24,37,40H,2-3,14-21H2,1H3,(H,38,41). The Morgan fingerprint density at radius 1 is 0.778 bits per heavy atom. The first-order valence-corrected chi connectivity index (χ1v) is 15.4. The van der Waals surface area contributed by atoms with Crippen LogP contribution >= 0.6 is 0 Å². The summed E-state index contributed by atoms with van der Waals surface area (Å²) in [6, 6.07) is 25.8. The smallest absolute Gasteiger partial charge is 0.257 e. The molecule has 0 radical (unpaired) electrons. The average Bonchev–Trinajstić information content (AvgIpc) is 3.22. The minimum absolute atomic E-state index is 0.149. The van der Waals surface area contributed by atoms with Gasteiger partial charge < -0.3 is 39.6 Å². The van der Waals surface area contributed by atoms with Crippen molar-refractivity contribution >= 4 is 28.7 Å². The zero-order valence-electron chi connectivity index (χ0n) is 25.5. The van der Waals surface area contributed by atoms with Crippen LogP contribution in [0.5, 0.6) is 17.2 Å². The van der Waals surface area contributed by atoms with Crippen LogP contribution in [0.1, 0.15) is 28.8 Å². The van der Waals surface area contributed by atoms with Gasteiger partial charge in [-0.3, -0.25) is 4.79 Å². The predicted molar refractivity (Wildman–Crippen MR) is 177 cm³/mol. The Balaban J connectivity index is 1.10. The van der Waals surface area contributed by atoms with Gasteiger partial charge in [-0.25, -0.2) is 0 Å². The fourth-order valence-electron chi connectivity index (χ4n) is 5.54. The molecule has 1 amide bonds. The number of nitrogens with one attached hydrogen (secondary N) is 2. The van der Waals surface area contributed by atoms with E-state index in [0.717, 1.165) is 72.2 Å². The largest absolute Gasteiger partial charge is 0.493 e. The van der Waals surface area contributed by atoms with Crippen LogP contribution in [0.4, 0.5) is 22.7 Å². The molecule has 1 fully saturated rings.